The van der Waals surface area contributed by atoms with Gasteiger partial charge in [-0.05, 0) is 42.5 Å². The van der Waals surface area contributed by atoms with Crippen LogP contribution >= 0.6 is 15.9 Å². The predicted molar refractivity (Wildman–Crippen MR) is 97.3 cm³/mol. The van der Waals surface area contributed by atoms with Crippen molar-refractivity contribution in [3.63, 3.8) is 0 Å². The number of nitrogens with two attached hydrogens (primary N) is 1. The van der Waals surface area contributed by atoms with Crippen LogP contribution in [0.4, 0.5) is 5.69 Å². The van der Waals surface area contributed by atoms with Crippen LogP contribution in [0.1, 0.15) is 10.4 Å². The molecule has 25 heavy (non-hydrogen) atoms. The molecule has 0 fully saturated rings. The molecule has 3 N–H and O–H groups in total. The van der Waals surface area contributed by atoms with E-state index >= 15 is 0 Å². The number of hydrogen-bond acceptors (Lipinski definition) is 5. The summed E-state index contributed by atoms with van der Waals surface area (Å²) in [5.74, 6) is 0.0241. The monoisotopic (exact) mass is 428 g/mol. The molecule has 1 amide bonds. The number of methoxy groups -OCH3 is 1. The van der Waals surface area contributed by atoms with Gasteiger partial charge in [-0.1, -0.05) is 15.9 Å². The van der Waals surface area contributed by atoms with Crippen molar-refractivity contribution in [3.8, 4) is 5.75 Å². The van der Waals surface area contributed by atoms with E-state index in [0.29, 0.717) is 30.2 Å². The highest BCUT2D eigenvalue weighted by Gasteiger charge is 2.14. The summed E-state index contributed by atoms with van der Waals surface area (Å²) in [5.41, 5.74) is 0.765. The lowest BCUT2D eigenvalue weighted by molar-refractivity contribution is 0.101. The normalized spacial score (nSPS) is 11.2. The number of anilines is 1. The van der Waals surface area contributed by atoms with Gasteiger partial charge in [0.2, 0.25) is 10.0 Å². The molecular weight excluding hydrogens is 412 g/mol. The average molecular weight is 429 g/mol. The number of sulfonamides is 1. The number of benzene rings is 2. The zero-order valence-corrected chi connectivity index (χ0v) is 15.8. The second-order valence-electron chi connectivity index (χ2n) is 5.01. The number of nitrogens with one attached hydrogen (secondary N) is 1. The fourth-order valence-corrected chi connectivity index (χ4v) is 2.84. The summed E-state index contributed by atoms with van der Waals surface area (Å²) in [6.07, 6.45) is 0. The van der Waals surface area contributed by atoms with Crippen LogP contribution in [0.15, 0.2) is 51.8 Å². The van der Waals surface area contributed by atoms with Gasteiger partial charge in [0, 0.05) is 17.3 Å². The van der Waals surface area contributed by atoms with Crippen LogP contribution in [-0.2, 0) is 14.8 Å². The summed E-state index contributed by atoms with van der Waals surface area (Å²) in [6.45, 7) is 0.702. The van der Waals surface area contributed by atoms with Crippen LogP contribution in [0, 0.1) is 0 Å². The van der Waals surface area contributed by atoms with E-state index in [4.69, 9.17) is 14.6 Å². The Bertz CT molecular complexity index is 853. The van der Waals surface area contributed by atoms with Gasteiger partial charge in [-0.3, -0.25) is 4.79 Å². The molecule has 0 aliphatic heterocycles. The molecule has 0 unspecified atom stereocenters. The molecule has 0 radical (unpaired) electrons. The third-order valence-corrected chi connectivity index (χ3v) is 4.59. The Hall–Kier alpha value is -1.94. The molecule has 0 aliphatic rings. The number of halogens is 1. The minimum absolute atomic E-state index is 0.0310. The van der Waals surface area contributed by atoms with Crippen molar-refractivity contribution in [1.82, 2.24) is 0 Å². The smallest absolute Gasteiger partial charge is 0.259 e. The van der Waals surface area contributed by atoms with Crippen LogP contribution in [0.25, 0.3) is 0 Å². The molecule has 0 spiro atoms. The topological polar surface area (TPSA) is 108 Å². The number of primary sulfonamides is 1. The number of ether oxygens (including phenoxy) is 2. The second kappa shape index (κ2) is 8.43. The molecule has 7 nitrogen and oxygen atoms in total. The van der Waals surface area contributed by atoms with Crippen molar-refractivity contribution in [2.75, 3.05) is 25.6 Å². The van der Waals surface area contributed by atoms with Gasteiger partial charge in [0.05, 0.1) is 17.1 Å². The quantitative estimate of drug-likeness (QED) is 0.658. The molecule has 2 rings (SSSR count). The molecule has 0 atom stereocenters. The molecule has 0 heterocycles. The van der Waals surface area contributed by atoms with E-state index in [0.717, 1.165) is 4.47 Å². The Kier molecular flexibility index (Phi) is 6.54. The fraction of sp³-hybridized carbons (Fsp3) is 0.188. The average Bonchev–Trinajstić information content (AvgIpc) is 2.56. The van der Waals surface area contributed by atoms with Gasteiger partial charge in [0.1, 0.15) is 12.4 Å². The molecule has 0 aromatic heterocycles. The first-order valence-corrected chi connectivity index (χ1v) is 9.50. The van der Waals surface area contributed by atoms with E-state index in [-0.39, 0.29) is 4.90 Å². The number of amides is 1. The first-order chi connectivity index (χ1) is 11.8. The Balaban J connectivity index is 2.18. The number of carbonyl (C=O) groups is 1. The molecule has 0 saturated carbocycles. The summed E-state index contributed by atoms with van der Waals surface area (Å²) in [4.78, 5) is 12.5. The minimum atomic E-state index is -3.78. The van der Waals surface area contributed by atoms with Crippen LogP contribution < -0.4 is 15.2 Å². The zero-order valence-electron chi connectivity index (χ0n) is 13.4. The standard InChI is InChI=1S/C16H17BrN2O5S/c1-23-8-9-24-15-7-2-11(17)10-14(15)16(20)19-12-3-5-13(6-4-12)25(18,21)22/h2-7,10H,8-9H2,1H3,(H,19,20)(H2,18,21,22). The summed E-state index contributed by atoms with van der Waals surface area (Å²) in [6, 6.07) is 10.6. The lowest BCUT2D eigenvalue weighted by atomic mass is 10.2. The zero-order chi connectivity index (χ0) is 18.4. The summed E-state index contributed by atoms with van der Waals surface area (Å²) in [5, 5.41) is 7.73. The second-order valence-corrected chi connectivity index (χ2v) is 7.48. The van der Waals surface area contributed by atoms with Gasteiger partial charge >= 0.3 is 0 Å². The summed E-state index contributed by atoms with van der Waals surface area (Å²) < 4.78 is 33.7. The van der Waals surface area contributed by atoms with Crippen molar-refractivity contribution in [1.29, 1.82) is 0 Å². The predicted octanol–water partition coefficient (Wildman–Crippen LogP) is 2.37. The third kappa shape index (κ3) is 5.53. The van der Waals surface area contributed by atoms with Crippen molar-refractivity contribution >= 4 is 37.5 Å². The maximum absolute atomic E-state index is 12.5. The first-order valence-electron chi connectivity index (χ1n) is 7.17. The van der Waals surface area contributed by atoms with E-state index in [9.17, 15) is 13.2 Å². The van der Waals surface area contributed by atoms with E-state index in [1.807, 2.05) is 0 Å². The van der Waals surface area contributed by atoms with Crippen molar-refractivity contribution in [2.45, 2.75) is 4.90 Å². The SMILES string of the molecule is COCCOc1ccc(Br)cc1C(=O)Nc1ccc(S(N)(=O)=O)cc1. The third-order valence-electron chi connectivity index (χ3n) is 3.17. The highest BCUT2D eigenvalue weighted by molar-refractivity contribution is 9.10. The van der Waals surface area contributed by atoms with Crippen LogP contribution in [-0.4, -0.2) is 34.6 Å². The first kappa shape index (κ1) is 19.4. The van der Waals surface area contributed by atoms with Gasteiger partial charge in [0.25, 0.3) is 5.91 Å². The van der Waals surface area contributed by atoms with E-state index in [1.54, 1.807) is 25.3 Å². The van der Waals surface area contributed by atoms with E-state index in [2.05, 4.69) is 21.2 Å². The molecule has 0 saturated heterocycles. The number of hydrogen-bond donors (Lipinski definition) is 2. The van der Waals surface area contributed by atoms with Gasteiger partial charge < -0.3 is 14.8 Å². The highest BCUT2D eigenvalue weighted by atomic mass is 79.9. The van der Waals surface area contributed by atoms with Crippen molar-refractivity contribution in [2.24, 2.45) is 5.14 Å². The summed E-state index contributed by atoms with van der Waals surface area (Å²) in [7, 11) is -2.22. The van der Waals surface area contributed by atoms with Gasteiger partial charge in [-0.25, -0.2) is 13.6 Å². The Labute approximate surface area is 154 Å². The van der Waals surface area contributed by atoms with Crippen LogP contribution in [0.3, 0.4) is 0 Å². The van der Waals surface area contributed by atoms with Gasteiger partial charge in [0.15, 0.2) is 0 Å². The Morgan fingerprint density at radius 1 is 1.16 bits per heavy atom. The highest BCUT2D eigenvalue weighted by Crippen LogP contribution is 2.24. The van der Waals surface area contributed by atoms with Crippen LogP contribution in [0.2, 0.25) is 0 Å². The molecule has 9 heteroatoms. The van der Waals surface area contributed by atoms with Crippen molar-refractivity contribution in [3.05, 3.63) is 52.5 Å². The van der Waals surface area contributed by atoms with Crippen LogP contribution in [0.5, 0.6) is 5.75 Å². The van der Waals surface area contributed by atoms with Gasteiger partial charge in [-0.2, -0.15) is 0 Å². The molecule has 2 aromatic carbocycles. The van der Waals surface area contributed by atoms with E-state index < -0.39 is 15.9 Å². The molecule has 0 aliphatic carbocycles. The molecular formula is C16H17BrN2O5S. The number of carbonyl (C=O) groups excluding carboxylic acids is 1. The minimum Gasteiger partial charge on any atom is -0.490 e. The lowest BCUT2D eigenvalue weighted by Crippen LogP contribution is -2.15. The fourth-order valence-electron chi connectivity index (χ4n) is 1.97. The molecule has 2 aromatic rings. The molecule has 134 valence electrons. The number of rotatable bonds is 7. The summed E-state index contributed by atoms with van der Waals surface area (Å²) >= 11 is 3.32. The maximum Gasteiger partial charge on any atom is 0.259 e. The maximum atomic E-state index is 12.5. The Morgan fingerprint density at radius 2 is 1.84 bits per heavy atom. The molecule has 0 bridgehead atoms. The Morgan fingerprint density at radius 3 is 2.44 bits per heavy atom. The lowest BCUT2D eigenvalue weighted by Gasteiger charge is -2.12. The largest absolute Gasteiger partial charge is 0.490 e. The van der Waals surface area contributed by atoms with Crippen molar-refractivity contribution < 1.29 is 22.7 Å². The van der Waals surface area contributed by atoms with E-state index in [1.165, 1.54) is 24.3 Å². The van der Waals surface area contributed by atoms with Gasteiger partial charge in [-0.15, -0.1) is 0 Å².